The lowest BCUT2D eigenvalue weighted by Crippen LogP contribution is -2.41. The number of aliphatic carboxylic acids is 1. The zero-order valence-corrected chi connectivity index (χ0v) is 13.1. The van der Waals surface area contributed by atoms with Crippen LogP contribution < -0.4 is 0 Å². The Morgan fingerprint density at radius 1 is 1.15 bits per heavy atom. The summed E-state index contributed by atoms with van der Waals surface area (Å²) in [5.74, 6) is -0.851. The predicted octanol–water partition coefficient (Wildman–Crippen LogP) is 2.77. The summed E-state index contributed by atoms with van der Waals surface area (Å²) in [4.78, 5) is 25.6. The normalized spacial score (nSPS) is 35.4. The van der Waals surface area contributed by atoms with Gasteiger partial charge in [0.05, 0.1) is 11.8 Å². The minimum atomic E-state index is -0.837. The molecule has 2 rings (SSSR count). The number of carbonyl (C=O) groups excluding carboxylic acids is 1. The molecule has 20 heavy (non-hydrogen) atoms. The van der Waals surface area contributed by atoms with Gasteiger partial charge in [-0.2, -0.15) is 0 Å². The summed E-state index contributed by atoms with van der Waals surface area (Å²) in [5, 5.41) is 9.20. The van der Waals surface area contributed by atoms with Gasteiger partial charge in [0.1, 0.15) is 0 Å². The number of rotatable bonds is 4. The number of nitrogens with zero attached hydrogens (tertiary/aromatic N) is 1. The van der Waals surface area contributed by atoms with Crippen molar-refractivity contribution in [1.82, 2.24) is 4.90 Å². The summed E-state index contributed by atoms with van der Waals surface area (Å²) in [5.41, 5.74) is -0.391. The highest BCUT2D eigenvalue weighted by Gasteiger charge is 2.66. The molecule has 4 nitrogen and oxygen atoms in total. The monoisotopic (exact) mass is 281 g/mol. The molecular formula is C16H27NO3. The molecule has 0 bridgehead atoms. The smallest absolute Gasteiger partial charge is 0.307 e. The summed E-state index contributed by atoms with van der Waals surface area (Å²) in [7, 11) is 1.85. The highest BCUT2D eigenvalue weighted by atomic mass is 16.4. The van der Waals surface area contributed by atoms with E-state index in [-0.39, 0.29) is 11.8 Å². The molecule has 0 aromatic carbocycles. The molecule has 1 amide bonds. The summed E-state index contributed by atoms with van der Waals surface area (Å²) in [6.45, 7) is 6.00. The Bertz CT molecular complexity index is 397. The molecule has 114 valence electrons. The lowest BCUT2D eigenvalue weighted by molar-refractivity contribution is -0.142. The van der Waals surface area contributed by atoms with Gasteiger partial charge in [-0.1, -0.05) is 27.2 Å². The van der Waals surface area contributed by atoms with E-state index in [1.54, 1.807) is 0 Å². The van der Waals surface area contributed by atoms with E-state index in [2.05, 4.69) is 6.92 Å². The fourth-order valence-corrected chi connectivity index (χ4v) is 3.90. The molecule has 2 aliphatic carbocycles. The van der Waals surface area contributed by atoms with Crippen molar-refractivity contribution in [3.63, 3.8) is 0 Å². The second-order valence-electron chi connectivity index (χ2n) is 7.15. The van der Waals surface area contributed by atoms with Crippen LogP contribution in [0.25, 0.3) is 0 Å². The Labute approximate surface area is 121 Å². The largest absolute Gasteiger partial charge is 0.481 e. The van der Waals surface area contributed by atoms with Crippen molar-refractivity contribution in [2.75, 3.05) is 7.05 Å². The van der Waals surface area contributed by atoms with Crippen LogP contribution in [0.5, 0.6) is 0 Å². The van der Waals surface area contributed by atoms with Crippen LogP contribution in [0.15, 0.2) is 0 Å². The first-order chi connectivity index (χ1) is 9.30. The third-order valence-corrected chi connectivity index (χ3v) is 5.65. The first-order valence-corrected chi connectivity index (χ1v) is 7.80. The minimum Gasteiger partial charge on any atom is -0.481 e. The van der Waals surface area contributed by atoms with Gasteiger partial charge in [0, 0.05) is 13.1 Å². The quantitative estimate of drug-likeness (QED) is 0.862. The lowest BCUT2D eigenvalue weighted by Gasteiger charge is -2.34. The summed E-state index contributed by atoms with van der Waals surface area (Å²) in [6, 6.07) is 0.302. The third kappa shape index (κ3) is 2.57. The molecule has 2 atom stereocenters. The van der Waals surface area contributed by atoms with E-state index in [1.807, 2.05) is 25.8 Å². The van der Waals surface area contributed by atoms with E-state index < -0.39 is 17.3 Å². The number of hydrogen-bond donors (Lipinski definition) is 1. The second-order valence-corrected chi connectivity index (χ2v) is 7.15. The van der Waals surface area contributed by atoms with Crippen molar-refractivity contribution in [2.24, 2.45) is 23.2 Å². The fourth-order valence-electron chi connectivity index (χ4n) is 3.90. The second kappa shape index (κ2) is 5.38. The van der Waals surface area contributed by atoms with Crippen LogP contribution in [0, 0.1) is 23.2 Å². The summed E-state index contributed by atoms with van der Waals surface area (Å²) < 4.78 is 0. The van der Waals surface area contributed by atoms with Crippen molar-refractivity contribution in [3.05, 3.63) is 0 Å². The van der Waals surface area contributed by atoms with E-state index >= 15 is 0 Å². The first-order valence-electron chi connectivity index (χ1n) is 7.80. The number of carboxylic acids is 1. The molecule has 0 aromatic heterocycles. The zero-order valence-electron chi connectivity index (χ0n) is 13.1. The van der Waals surface area contributed by atoms with Gasteiger partial charge in [-0.05, 0) is 37.0 Å². The van der Waals surface area contributed by atoms with Crippen LogP contribution in [-0.2, 0) is 9.59 Å². The molecule has 0 spiro atoms. The van der Waals surface area contributed by atoms with Crippen LogP contribution in [0.1, 0.15) is 52.9 Å². The molecule has 2 aliphatic rings. The minimum absolute atomic E-state index is 0.0300. The van der Waals surface area contributed by atoms with Crippen LogP contribution in [-0.4, -0.2) is 35.0 Å². The average molecular weight is 281 g/mol. The number of carboxylic acid groups (broad SMARTS) is 1. The van der Waals surface area contributed by atoms with Crippen LogP contribution >= 0.6 is 0 Å². The molecule has 0 aliphatic heterocycles. The number of amides is 1. The molecule has 0 heterocycles. The molecule has 2 saturated carbocycles. The van der Waals surface area contributed by atoms with E-state index in [9.17, 15) is 14.7 Å². The van der Waals surface area contributed by atoms with Gasteiger partial charge in [-0.15, -0.1) is 0 Å². The molecule has 1 N–H and O–H groups in total. The average Bonchev–Trinajstić information content (AvgIpc) is 3.00. The van der Waals surface area contributed by atoms with Gasteiger partial charge in [0.15, 0.2) is 0 Å². The highest BCUT2D eigenvalue weighted by Crippen LogP contribution is 2.59. The van der Waals surface area contributed by atoms with E-state index in [4.69, 9.17) is 0 Å². The van der Waals surface area contributed by atoms with Crippen molar-refractivity contribution >= 4 is 11.9 Å². The molecule has 0 saturated heterocycles. The Kier molecular flexibility index (Phi) is 4.12. The van der Waals surface area contributed by atoms with Gasteiger partial charge in [-0.3, -0.25) is 9.59 Å². The van der Waals surface area contributed by atoms with Gasteiger partial charge in [0.2, 0.25) is 5.91 Å². The summed E-state index contributed by atoms with van der Waals surface area (Å²) >= 11 is 0. The maximum absolute atomic E-state index is 12.5. The molecule has 0 radical (unpaired) electrons. The zero-order chi connectivity index (χ0) is 15.1. The van der Waals surface area contributed by atoms with Crippen molar-refractivity contribution in [1.29, 1.82) is 0 Å². The maximum atomic E-state index is 12.5. The van der Waals surface area contributed by atoms with Gasteiger partial charge < -0.3 is 10.0 Å². The summed E-state index contributed by atoms with van der Waals surface area (Å²) in [6.07, 6.45) is 5.73. The standard InChI is InChI=1S/C16H27NO3/c1-5-10-6-8-11(9-7-10)17(4)14(18)12-13(15(19)20)16(12,2)3/h10-13H,5-9H2,1-4H3,(H,19,20)/t10?,11?,12-,13+/m1/s1. The molecule has 4 heteroatoms. The lowest BCUT2D eigenvalue weighted by atomic mass is 9.84. The van der Waals surface area contributed by atoms with Gasteiger partial charge >= 0.3 is 5.97 Å². The first kappa shape index (κ1) is 15.3. The van der Waals surface area contributed by atoms with Crippen LogP contribution in [0.3, 0.4) is 0 Å². The topological polar surface area (TPSA) is 57.6 Å². The Morgan fingerprint density at radius 3 is 2.10 bits per heavy atom. The highest BCUT2D eigenvalue weighted by molar-refractivity contribution is 5.91. The molecule has 2 fully saturated rings. The van der Waals surface area contributed by atoms with Crippen LogP contribution in [0.2, 0.25) is 0 Å². The Morgan fingerprint density at radius 2 is 1.70 bits per heavy atom. The molecule has 0 unspecified atom stereocenters. The van der Waals surface area contributed by atoms with E-state index in [0.717, 1.165) is 18.8 Å². The van der Waals surface area contributed by atoms with Crippen molar-refractivity contribution in [2.45, 2.75) is 58.9 Å². The maximum Gasteiger partial charge on any atom is 0.307 e. The van der Waals surface area contributed by atoms with Crippen molar-refractivity contribution in [3.8, 4) is 0 Å². The van der Waals surface area contributed by atoms with Gasteiger partial charge in [0.25, 0.3) is 0 Å². The molecule has 0 aromatic rings. The van der Waals surface area contributed by atoms with Crippen LogP contribution in [0.4, 0.5) is 0 Å². The Hall–Kier alpha value is -1.06. The third-order valence-electron chi connectivity index (χ3n) is 5.65. The predicted molar refractivity (Wildman–Crippen MR) is 77.2 cm³/mol. The van der Waals surface area contributed by atoms with Crippen molar-refractivity contribution < 1.29 is 14.7 Å². The van der Waals surface area contributed by atoms with E-state index in [1.165, 1.54) is 19.3 Å². The molecular weight excluding hydrogens is 254 g/mol. The number of hydrogen-bond acceptors (Lipinski definition) is 2. The van der Waals surface area contributed by atoms with Gasteiger partial charge in [-0.25, -0.2) is 0 Å². The van der Waals surface area contributed by atoms with E-state index in [0.29, 0.717) is 6.04 Å². The number of carbonyl (C=O) groups is 2. The fraction of sp³-hybridized carbons (Fsp3) is 0.875. The Balaban J connectivity index is 1.95. The SMILES string of the molecule is CCC1CCC(N(C)C(=O)[C@H]2[C@@H](C(=O)O)C2(C)C)CC1.